The third-order valence-corrected chi connectivity index (χ3v) is 2.35. The van der Waals surface area contributed by atoms with Gasteiger partial charge in [0.25, 0.3) is 0 Å². The standard InChI is InChI=1S/C11H13ClN2O3/c12-6-10(15)14-8-3-1-2-7(4-8)5-9(13)11(16)17/h1-4,9H,5-6,13H2,(H,14,15)(H,16,17)/t9-/m0/s1. The molecule has 0 radical (unpaired) electrons. The van der Waals surface area contributed by atoms with E-state index in [2.05, 4.69) is 5.32 Å². The third kappa shape index (κ3) is 4.42. The van der Waals surface area contributed by atoms with Gasteiger partial charge in [0.1, 0.15) is 11.9 Å². The number of amides is 1. The van der Waals surface area contributed by atoms with Crippen molar-refractivity contribution in [3.8, 4) is 0 Å². The molecule has 92 valence electrons. The number of halogens is 1. The number of rotatable bonds is 5. The summed E-state index contributed by atoms with van der Waals surface area (Å²) in [4.78, 5) is 21.7. The van der Waals surface area contributed by atoms with Crippen LogP contribution in [-0.4, -0.2) is 28.9 Å². The van der Waals surface area contributed by atoms with Gasteiger partial charge < -0.3 is 16.2 Å². The first kappa shape index (κ1) is 13.5. The number of hydrogen-bond donors (Lipinski definition) is 3. The maximum Gasteiger partial charge on any atom is 0.320 e. The zero-order valence-corrected chi connectivity index (χ0v) is 9.78. The van der Waals surface area contributed by atoms with Crippen molar-refractivity contribution in [2.75, 3.05) is 11.2 Å². The topological polar surface area (TPSA) is 92.4 Å². The Morgan fingerprint density at radius 3 is 2.76 bits per heavy atom. The van der Waals surface area contributed by atoms with E-state index in [1.807, 2.05) is 0 Å². The monoisotopic (exact) mass is 256 g/mol. The van der Waals surface area contributed by atoms with Gasteiger partial charge in [-0.2, -0.15) is 0 Å². The van der Waals surface area contributed by atoms with Crippen molar-refractivity contribution in [2.24, 2.45) is 5.73 Å². The van der Waals surface area contributed by atoms with E-state index >= 15 is 0 Å². The molecule has 0 fully saturated rings. The van der Waals surface area contributed by atoms with Crippen LogP contribution in [0.15, 0.2) is 24.3 Å². The quantitative estimate of drug-likeness (QED) is 0.680. The van der Waals surface area contributed by atoms with Gasteiger partial charge in [-0.1, -0.05) is 12.1 Å². The number of nitrogens with two attached hydrogens (primary N) is 1. The number of carbonyl (C=O) groups excluding carboxylic acids is 1. The Morgan fingerprint density at radius 2 is 2.18 bits per heavy atom. The molecule has 1 aromatic carbocycles. The largest absolute Gasteiger partial charge is 0.480 e. The number of aliphatic carboxylic acids is 1. The Kier molecular flexibility index (Phi) is 4.93. The fourth-order valence-electron chi connectivity index (χ4n) is 1.31. The second kappa shape index (κ2) is 6.22. The van der Waals surface area contributed by atoms with Crippen molar-refractivity contribution < 1.29 is 14.7 Å². The van der Waals surface area contributed by atoms with Crippen molar-refractivity contribution >= 4 is 29.2 Å². The molecule has 0 aliphatic rings. The molecule has 0 aromatic heterocycles. The average Bonchev–Trinajstić information content (AvgIpc) is 2.29. The number of alkyl halides is 1. The molecular formula is C11H13ClN2O3. The Bertz CT molecular complexity index is 423. The lowest BCUT2D eigenvalue weighted by Crippen LogP contribution is -2.32. The lowest BCUT2D eigenvalue weighted by Gasteiger charge is -2.08. The van der Waals surface area contributed by atoms with Crippen LogP contribution in [0, 0.1) is 0 Å². The minimum atomic E-state index is -1.06. The van der Waals surface area contributed by atoms with E-state index in [0.29, 0.717) is 5.69 Å². The zero-order chi connectivity index (χ0) is 12.8. The Hall–Kier alpha value is -1.59. The Labute approximate surface area is 104 Å². The maximum atomic E-state index is 11.1. The van der Waals surface area contributed by atoms with Gasteiger partial charge >= 0.3 is 5.97 Å². The van der Waals surface area contributed by atoms with Gasteiger partial charge in [-0.25, -0.2) is 0 Å². The van der Waals surface area contributed by atoms with Crippen molar-refractivity contribution in [3.05, 3.63) is 29.8 Å². The summed E-state index contributed by atoms with van der Waals surface area (Å²) in [6.07, 6.45) is 0.208. The molecule has 0 heterocycles. The molecule has 0 saturated heterocycles. The van der Waals surface area contributed by atoms with Crippen LogP contribution in [-0.2, 0) is 16.0 Å². The van der Waals surface area contributed by atoms with Gasteiger partial charge in [-0.3, -0.25) is 9.59 Å². The Balaban J connectivity index is 2.72. The predicted molar refractivity (Wildman–Crippen MR) is 65.1 cm³/mol. The second-order valence-electron chi connectivity index (χ2n) is 3.53. The number of carboxylic acid groups (broad SMARTS) is 1. The molecule has 1 amide bonds. The summed E-state index contributed by atoms with van der Waals surface area (Å²) in [5.74, 6) is -1.50. The summed E-state index contributed by atoms with van der Waals surface area (Å²) in [5.41, 5.74) is 6.74. The predicted octanol–water partition coefficient (Wildman–Crippen LogP) is 0.818. The lowest BCUT2D eigenvalue weighted by molar-refractivity contribution is -0.138. The number of carboxylic acids is 1. The van der Waals surface area contributed by atoms with Gasteiger partial charge in [-0.15, -0.1) is 11.6 Å². The van der Waals surface area contributed by atoms with Crippen LogP contribution >= 0.6 is 11.6 Å². The molecule has 4 N–H and O–H groups in total. The highest BCUT2D eigenvalue weighted by molar-refractivity contribution is 6.29. The third-order valence-electron chi connectivity index (χ3n) is 2.10. The normalized spacial score (nSPS) is 11.9. The lowest BCUT2D eigenvalue weighted by atomic mass is 10.1. The minimum absolute atomic E-state index is 0.126. The summed E-state index contributed by atoms with van der Waals surface area (Å²) in [6, 6.07) is 5.88. The van der Waals surface area contributed by atoms with Gasteiger partial charge in [0.2, 0.25) is 5.91 Å². The van der Waals surface area contributed by atoms with E-state index in [4.69, 9.17) is 22.4 Å². The molecule has 0 aliphatic heterocycles. The summed E-state index contributed by atoms with van der Waals surface area (Å²) in [7, 11) is 0. The number of carbonyl (C=O) groups is 2. The highest BCUT2D eigenvalue weighted by atomic mass is 35.5. The number of anilines is 1. The number of benzene rings is 1. The van der Waals surface area contributed by atoms with Crippen molar-refractivity contribution in [2.45, 2.75) is 12.5 Å². The van der Waals surface area contributed by atoms with Crippen LogP contribution < -0.4 is 11.1 Å². The fourth-order valence-corrected chi connectivity index (χ4v) is 1.38. The molecule has 1 rings (SSSR count). The van der Waals surface area contributed by atoms with E-state index in [9.17, 15) is 9.59 Å². The van der Waals surface area contributed by atoms with E-state index < -0.39 is 12.0 Å². The highest BCUT2D eigenvalue weighted by Gasteiger charge is 2.12. The maximum absolute atomic E-state index is 11.1. The molecule has 0 saturated carbocycles. The number of hydrogen-bond acceptors (Lipinski definition) is 3. The molecule has 0 aliphatic carbocycles. The molecule has 0 unspecified atom stereocenters. The van der Waals surface area contributed by atoms with Crippen LogP contribution in [0.3, 0.4) is 0 Å². The van der Waals surface area contributed by atoms with Crippen molar-refractivity contribution in [3.63, 3.8) is 0 Å². The fraction of sp³-hybridized carbons (Fsp3) is 0.273. The molecule has 6 heteroatoms. The van der Waals surface area contributed by atoms with Crippen LogP contribution in [0.2, 0.25) is 0 Å². The average molecular weight is 257 g/mol. The second-order valence-corrected chi connectivity index (χ2v) is 3.80. The first-order valence-electron chi connectivity index (χ1n) is 4.96. The first-order chi connectivity index (χ1) is 8.02. The van der Waals surface area contributed by atoms with Crippen LogP contribution in [0.4, 0.5) is 5.69 Å². The van der Waals surface area contributed by atoms with Gasteiger partial charge in [0.05, 0.1) is 0 Å². The SMILES string of the molecule is N[C@@H](Cc1cccc(NC(=O)CCl)c1)C(=O)O. The van der Waals surface area contributed by atoms with Crippen LogP contribution in [0.5, 0.6) is 0 Å². The summed E-state index contributed by atoms with van der Waals surface area (Å²) in [5, 5.41) is 11.3. The van der Waals surface area contributed by atoms with Crippen molar-refractivity contribution in [1.82, 2.24) is 0 Å². The Morgan fingerprint density at radius 1 is 1.47 bits per heavy atom. The highest BCUT2D eigenvalue weighted by Crippen LogP contribution is 2.12. The van der Waals surface area contributed by atoms with Gasteiger partial charge in [-0.05, 0) is 24.1 Å². The summed E-state index contributed by atoms with van der Waals surface area (Å²) < 4.78 is 0. The van der Waals surface area contributed by atoms with Crippen LogP contribution in [0.25, 0.3) is 0 Å². The molecule has 1 aromatic rings. The van der Waals surface area contributed by atoms with Crippen LogP contribution in [0.1, 0.15) is 5.56 Å². The molecule has 1 atom stereocenters. The molecule has 0 bridgehead atoms. The zero-order valence-electron chi connectivity index (χ0n) is 9.02. The molecular weight excluding hydrogens is 244 g/mol. The summed E-state index contributed by atoms with van der Waals surface area (Å²) in [6.45, 7) is 0. The van der Waals surface area contributed by atoms with Crippen molar-refractivity contribution in [1.29, 1.82) is 0 Å². The van der Waals surface area contributed by atoms with E-state index in [-0.39, 0.29) is 18.2 Å². The van der Waals surface area contributed by atoms with E-state index in [1.54, 1.807) is 24.3 Å². The molecule has 5 nitrogen and oxygen atoms in total. The number of nitrogens with one attached hydrogen (secondary N) is 1. The summed E-state index contributed by atoms with van der Waals surface area (Å²) >= 11 is 5.36. The van der Waals surface area contributed by atoms with E-state index in [1.165, 1.54) is 0 Å². The van der Waals surface area contributed by atoms with Gasteiger partial charge in [0, 0.05) is 5.69 Å². The van der Waals surface area contributed by atoms with Gasteiger partial charge in [0.15, 0.2) is 0 Å². The molecule has 17 heavy (non-hydrogen) atoms. The first-order valence-corrected chi connectivity index (χ1v) is 5.49. The van der Waals surface area contributed by atoms with E-state index in [0.717, 1.165) is 5.56 Å². The molecule has 0 spiro atoms. The minimum Gasteiger partial charge on any atom is -0.480 e. The smallest absolute Gasteiger partial charge is 0.320 e.